The summed E-state index contributed by atoms with van der Waals surface area (Å²) in [6, 6.07) is 0. The van der Waals surface area contributed by atoms with Gasteiger partial charge in [-0.05, 0) is 0 Å². The zero-order chi connectivity index (χ0) is 4.83. The molecule has 0 spiro atoms. The molecule has 0 heterocycles. The number of rotatable bonds is 3. The molecule has 0 atom stereocenters. The third-order valence-corrected chi connectivity index (χ3v) is 0.762. The van der Waals surface area contributed by atoms with Crippen LogP contribution in [-0.2, 0) is 0 Å². The van der Waals surface area contributed by atoms with Gasteiger partial charge in [-0.25, -0.2) is 0 Å². The first-order valence-electron chi connectivity index (χ1n) is 2.52. The van der Waals surface area contributed by atoms with E-state index in [2.05, 4.69) is 17.7 Å². The molecule has 0 aromatic heterocycles. The van der Waals surface area contributed by atoms with Gasteiger partial charge in [0, 0.05) is 0 Å². The molecule has 0 amide bonds. The van der Waals surface area contributed by atoms with Gasteiger partial charge < -0.3 is 0 Å². The van der Waals surface area contributed by atoms with E-state index >= 15 is 0 Å². The standard InChI is InChI=1S/C4H9O.Li/c1-2-3-4-5;/h5H,1-4H2;. The van der Waals surface area contributed by atoms with Gasteiger partial charge in [0.25, 0.3) is 0 Å². The fraction of sp³-hybridized carbons (Fsp3) is 1.00. The van der Waals surface area contributed by atoms with Crippen molar-refractivity contribution in [2.45, 2.75) is 17.9 Å². The molecule has 0 saturated carbocycles. The van der Waals surface area contributed by atoms with Crippen molar-refractivity contribution in [2.75, 3.05) is 6.61 Å². The first-order chi connectivity index (χ1) is 2.91. The van der Waals surface area contributed by atoms with E-state index in [0.717, 1.165) is 12.8 Å². The van der Waals surface area contributed by atoms with Crippen molar-refractivity contribution in [1.82, 2.24) is 0 Å². The zero-order valence-electron chi connectivity index (χ0n) is 4.28. The quantitative estimate of drug-likeness (QED) is 0.383. The molecule has 32 valence electrons. The van der Waals surface area contributed by atoms with Gasteiger partial charge in [-0.1, -0.05) is 0 Å². The molecule has 6 heavy (non-hydrogen) atoms. The van der Waals surface area contributed by atoms with Crippen LogP contribution >= 0.6 is 0 Å². The summed E-state index contributed by atoms with van der Waals surface area (Å²) in [6.07, 6.45) is 2.13. The number of unbranched alkanes of at least 4 members (excludes halogenated alkanes) is 1. The van der Waals surface area contributed by atoms with Crippen LogP contribution in [0.2, 0.25) is 5.09 Å². The predicted octanol–water partition coefficient (Wildman–Crippen LogP) is 0.346. The topological polar surface area (TPSA) is 20.2 Å². The van der Waals surface area contributed by atoms with E-state index in [-0.39, 0.29) is 0 Å². The minimum absolute atomic E-state index is 0.355. The first kappa shape index (κ1) is 6.56. The van der Waals surface area contributed by atoms with E-state index in [1.807, 2.05) is 0 Å². The fourth-order valence-corrected chi connectivity index (χ4v) is 0.362. The molecule has 0 aromatic carbocycles. The molecule has 0 fully saturated rings. The number of hydrogen-bond donors (Lipinski definition) is 1. The van der Waals surface area contributed by atoms with E-state index in [0.29, 0.717) is 6.61 Å². The summed E-state index contributed by atoms with van der Waals surface area (Å²) >= 11 is 2.12. The van der Waals surface area contributed by atoms with Gasteiger partial charge in [-0.15, -0.1) is 0 Å². The van der Waals surface area contributed by atoms with Crippen LogP contribution < -0.4 is 0 Å². The Morgan fingerprint density at radius 3 is 2.17 bits per heavy atom. The summed E-state index contributed by atoms with van der Waals surface area (Å²) in [5.74, 6) is 0. The third kappa shape index (κ3) is 4.56. The van der Waals surface area contributed by atoms with Gasteiger partial charge in [0.15, 0.2) is 0 Å². The number of aliphatic hydroxyl groups is 1. The Balaban J connectivity index is 2.34. The molecule has 0 radical (unpaired) electrons. The summed E-state index contributed by atoms with van der Waals surface area (Å²) in [5, 5.41) is 9.39. The minimum atomic E-state index is 0.355. The second-order valence-electron chi connectivity index (χ2n) is 1.43. The Labute approximate surface area is 48.0 Å². The Morgan fingerprint density at radius 1 is 1.33 bits per heavy atom. The molecule has 0 bridgehead atoms. The SMILES string of the molecule is [Li][CH2]CCCO. The maximum absolute atomic E-state index is 8.20. The van der Waals surface area contributed by atoms with E-state index in [1.165, 1.54) is 5.09 Å². The van der Waals surface area contributed by atoms with Crippen LogP contribution in [0.5, 0.6) is 0 Å². The van der Waals surface area contributed by atoms with E-state index < -0.39 is 0 Å². The van der Waals surface area contributed by atoms with Crippen LogP contribution in [0.4, 0.5) is 0 Å². The second-order valence-corrected chi connectivity index (χ2v) is 1.43. The van der Waals surface area contributed by atoms with Gasteiger partial charge >= 0.3 is 47.4 Å². The third-order valence-electron chi connectivity index (χ3n) is 0.762. The monoisotopic (exact) mass is 80.1 g/mol. The van der Waals surface area contributed by atoms with Gasteiger partial charge in [-0.2, -0.15) is 0 Å². The number of hydrogen-bond acceptors (Lipinski definition) is 1. The molecular formula is C4H9LiO. The van der Waals surface area contributed by atoms with Crippen LogP contribution in [0.1, 0.15) is 12.8 Å². The van der Waals surface area contributed by atoms with Crippen LogP contribution in [-0.4, -0.2) is 29.4 Å². The summed E-state index contributed by atoms with van der Waals surface area (Å²) in [7, 11) is 0. The van der Waals surface area contributed by atoms with Crippen LogP contribution in [0.15, 0.2) is 0 Å². The van der Waals surface area contributed by atoms with E-state index in [1.54, 1.807) is 0 Å². The molecule has 0 aromatic rings. The van der Waals surface area contributed by atoms with Crippen LogP contribution in [0, 0.1) is 0 Å². The maximum atomic E-state index is 8.20. The molecule has 0 unspecified atom stereocenters. The first-order valence-corrected chi connectivity index (χ1v) is 2.52. The second kappa shape index (κ2) is 5.56. The predicted molar refractivity (Wildman–Crippen MR) is 26.9 cm³/mol. The average Bonchev–Trinajstić information content (AvgIpc) is 1.61. The Morgan fingerprint density at radius 2 is 2.00 bits per heavy atom. The van der Waals surface area contributed by atoms with Gasteiger partial charge in [0.2, 0.25) is 0 Å². The molecule has 2 heteroatoms. The van der Waals surface area contributed by atoms with Crippen molar-refractivity contribution >= 4 is 17.7 Å². The van der Waals surface area contributed by atoms with Crippen molar-refractivity contribution in [3.63, 3.8) is 0 Å². The Bertz CT molecular complexity index is 19.5. The molecule has 1 N–H and O–H groups in total. The van der Waals surface area contributed by atoms with Crippen LogP contribution in [0.25, 0.3) is 0 Å². The van der Waals surface area contributed by atoms with Crippen molar-refractivity contribution in [3.8, 4) is 0 Å². The average molecular weight is 80.1 g/mol. The van der Waals surface area contributed by atoms with E-state index in [4.69, 9.17) is 5.11 Å². The Kier molecular flexibility index (Phi) is 6.07. The van der Waals surface area contributed by atoms with Crippen molar-refractivity contribution < 1.29 is 5.11 Å². The molecule has 0 rings (SSSR count). The Hall–Kier alpha value is 0.557. The molecule has 0 saturated heterocycles. The molecule has 1 nitrogen and oxygen atoms in total. The summed E-state index contributed by atoms with van der Waals surface area (Å²) < 4.78 is 0. The van der Waals surface area contributed by atoms with Crippen LogP contribution in [0.3, 0.4) is 0 Å². The fourth-order valence-electron chi connectivity index (χ4n) is 0.362. The molecule has 0 aliphatic carbocycles. The van der Waals surface area contributed by atoms with Gasteiger partial charge in [0.1, 0.15) is 0 Å². The molecular weight excluding hydrogens is 71.0 g/mol. The normalized spacial score (nSPS) is 9.17. The summed E-state index contributed by atoms with van der Waals surface area (Å²) in [5.41, 5.74) is 0. The van der Waals surface area contributed by atoms with E-state index in [9.17, 15) is 0 Å². The van der Waals surface area contributed by atoms with Gasteiger partial charge in [0.05, 0.1) is 0 Å². The number of aliphatic hydroxyl groups excluding tert-OH is 1. The van der Waals surface area contributed by atoms with Crippen molar-refractivity contribution in [2.24, 2.45) is 0 Å². The summed E-state index contributed by atoms with van der Waals surface area (Å²) in [6.45, 7) is 0.355. The summed E-state index contributed by atoms with van der Waals surface area (Å²) in [4.78, 5) is 0. The van der Waals surface area contributed by atoms with Crippen molar-refractivity contribution in [1.29, 1.82) is 0 Å². The zero-order valence-corrected chi connectivity index (χ0v) is 4.28. The van der Waals surface area contributed by atoms with Crippen molar-refractivity contribution in [3.05, 3.63) is 0 Å². The van der Waals surface area contributed by atoms with Gasteiger partial charge in [-0.3, -0.25) is 0 Å². The molecule has 0 aliphatic heterocycles. The molecule has 0 aliphatic rings.